The maximum absolute atomic E-state index is 13.5. The molecule has 2 aromatic carbocycles. The van der Waals surface area contributed by atoms with E-state index in [9.17, 15) is 23.2 Å². The number of nitrogens with zero attached hydrogens (tertiary/aromatic N) is 7. The summed E-state index contributed by atoms with van der Waals surface area (Å²) in [4.78, 5) is 45.2. The van der Waals surface area contributed by atoms with Crippen molar-refractivity contribution in [1.82, 2.24) is 34.2 Å². The summed E-state index contributed by atoms with van der Waals surface area (Å²) in [7, 11) is -0.363. The van der Waals surface area contributed by atoms with Gasteiger partial charge in [0.25, 0.3) is 21.8 Å². The van der Waals surface area contributed by atoms with Crippen molar-refractivity contribution in [3.63, 3.8) is 0 Å². The first-order valence-corrected chi connectivity index (χ1v) is 20.8. The number of pyridine rings is 2. The number of rotatable bonds is 15. The molecule has 0 saturated heterocycles. The Labute approximate surface area is 340 Å². The van der Waals surface area contributed by atoms with Crippen LogP contribution in [0.2, 0.25) is 0 Å². The molecule has 7 rings (SSSR count). The molecule has 1 atom stereocenters. The number of quaternary nitrogens is 1. The molecule has 302 valence electrons. The molecule has 5 heterocycles. The molecule has 0 unspecified atom stereocenters. The van der Waals surface area contributed by atoms with Crippen LogP contribution in [0.15, 0.2) is 113 Å². The zero-order chi connectivity index (χ0) is 39.9. The summed E-state index contributed by atoms with van der Waals surface area (Å²) < 4.78 is 30.7. The van der Waals surface area contributed by atoms with E-state index in [0.717, 1.165) is 40.2 Å². The van der Waals surface area contributed by atoms with Crippen molar-refractivity contribution < 1.29 is 34.2 Å². The van der Waals surface area contributed by atoms with Gasteiger partial charge in [0.1, 0.15) is 22.1 Å². The summed E-state index contributed by atoms with van der Waals surface area (Å²) in [5, 5.41) is 17.2. The molecule has 7 N–H and O–H groups in total. The Morgan fingerprint density at radius 1 is 1.00 bits per heavy atom. The molecule has 4 aromatic heterocycles. The van der Waals surface area contributed by atoms with E-state index in [-0.39, 0.29) is 33.6 Å². The summed E-state index contributed by atoms with van der Waals surface area (Å²) in [6.07, 6.45) is 6.51. The number of nitrogens with two attached hydrogens (primary N) is 1. The molecule has 0 spiro atoms. The molecular weight excluding hydrogens is 781 g/mol. The number of aromatic nitrogens is 5. The van der Waals surface area contributed by atoms with Crippen LogP contribution in [-0.2, 0) is 29.4 Å². The highest BCUT2D eigenvalue weighted by atomic mass is 32.2. The van der Waals surface area contributed by atoms with Gasteiger partial charge in [0.15, 0.2) is 17.2 Å². The van der Waals surface area contributed by atoms with E-state index in [0.29, 0.717) is 54.5 Å². The van der Waals surface area contributed by atoms with Crippen LogP contribution in [0.25, 0.3) is 5.65 Å². The Hall–Kier alpha value is -5.76. The topological polar surface area (TPSA) is 223 Å². The maximum atomic E-state index is 13.5. The lowest BCUT2D eigenvalue weighted by atomic mass is 9.94. The summed E-state index contributed by atoms with van der Waals surface area (Å²) in [5.41, 5.74) is 4.49. The number of thioether (sulfide) groups is 1. The summed E-state index contributed by atoms with van der Waals surface area (Å²) in [6, 6.07) is 25.4. The van der Waals surface area contributed by atoms with Gasteiger partial charge in [-0.1, -0.05) is 36.4 Å². The molecule has 1 aliphatic rings. The first kappa shape index (κ1) is 41.9. The van der Waals surface area contributed by atoms with E-state index in [1.165, 1.54) is 18.3 Å². The van der Waals surface area contributed by atoms with Gasteiger partial charge in [0.05, 0.1) is 6.20 Å². The Kier molecular flexibility index (Phi) is 13.5. The fourth-order valence-corrected chi connectivity index (χ4v) is 8.63. The van der Waals surface area contributed by atoms with Gasteiger partial charge in [-0.2, -0.15) is 10.6 Å². The van der Waals surface area contributed by atoms with E-state index in [1.807, 2.05) is 49.3 Å². The fraction of sp³-hybridized carbons (Fsp3) is 0.250. The SMILES string of the molecule is CN(C)CC[C@H](CSc1ccccc1)Cc1ncc(S(=O)(=O)NC(=O)c2cccc(N3CCc4cccc(C(=O)Nc5cn6ncccc6n5)c4C3)n2)cc1[NH2+]O.O. The first-order valence-electron chi connectivity index (χ1n) is 18.4. The van der Waals surface area contributed by atoms with E-state index < -0.39 is 15.9 Å². The molecule has 0 fully saturated rings. The smallest absolute Gasteiger partial charge is 0.283 e. The van der Waals surface area contributed by atoms with Gasteiger partial charge in [-0.25, -0.2) is 32.8 Å². The Morgan fingerprint density at radius 3 is 2.59 bits per heavy atom. The zero-order valence-electron chi connectivity index (χ0n) is 31.9. The van der Waals surface area contributed by atoms with Crippen LogP contribution in [0.3, 0.4) is 0 Å². The van der Waals surface area contributed by atoms with Gasteiger partial charge < -0.3 is 20.6 Å². The molecule has 6 aromatic rings. The second-order valence-corrected chi connectivity index (χ2v) is 16.7. The van der Waals surface area contributed by atoms with Crippen LogP contribution in [0, 0.1) is 5.92 Å². The lowest BCUT2D eigenvalue weighted by Gasteiger charge is -2.31. The number of hydrogen-bond acceptors (Lipinski definition) is 12. The quantitative estimate of drug-likeness (QED) is 0.0867. The monoisotopic (exact) mass is 825 g/mol. The van der Waals surface area contributed by atoms with Crippen molar-refractivity contribution in [3.8, 4) is 0 Å². The number of anilines is 2. The van der Waals surface area contributed by atoms with Crippen LogP contribution in [0.4, 0.5) is 17.3 Å². The predicted octanol–water partition coefficient (Wildman–Crippen LogP) is 3.12. The highest BCUT2D eigenvalue weighted by molar-refractivity contribution is 7.99. The number of amides is 2. The third kappa shape index (κ3) is 10.0. The van der Waals surface area contributed by atoms with Crippen molar-refractivity contribution in [1.29, 1.82) is 0 Å². The van der Waals surface area contributed by atoms with Crippen LogP contribution >= 0.6 is 11.8 Å². The Balaban J connectivity index is 0.00000567. The van der Waals surface area contributed by atoms with Crippen molar-refractivity contribution in [2.75, 3.05) is 43.2 Å². The molecule has 58 heavy (non-hydrogen) atoms. The third-order valence-electron chi connectivity index (χ3n) is 9.64. The standard InChI is InChI=1S/C40H42N10O5S2.H2O/c1-48(2)19-16-27(26-56-29-10-4-3-5-11-29)21-34-35(46-53)22-30(23-41-34)57(54,55)47-40(52)33-13-7-14-37(43-33)49-20-17-28-9-6-12-31(32(28)24-49)39(51)45-36-25-50-38(44-36)15-8-18-42-50;/h3-15,18,22-23,25,27,46,53H,16-17,19-21,24,26H2,1-2H3,(H,45,51)(H,47,52);1H2/p+1/t27-;/m0./s1. The highest BCUT2D eigenvalue weighted by Gasteiger charge is 2.27. The average Bonchev–Trinajstić information content (AvgIpc) is 3.64. The summed E-state index contributed by atoms with van der Waals surface area (Å²) in [6.45, 7) is 1.76. The van der Waals surface area contributed by atoms with Crippen LogP contribution in [0.1, 0.15) is 44.1 Å². The number of carbonyl (C=O) groups excluding carboxylic acids is 2. The minimum atomic E-state index is -4.39. The molecule has 1 aliphatic heterocycles. The molecule has 0 bridgehead atoms. The second kappa shape index (κ2) is 18.7. The zero-order valence-corrected chi connectivity index (χ0v) is 33.6. The third-order valence-corrected chi connectivity index (χ3v) is 12.2. The van der Waals surface area contributed by atoms with Crippen molar-refractivity contribution >= 4 is 56.6 Å². The van der Waals surface area contributed by atoms with E-state index in [4.69, 9.17) is 0 Å². The highest BCUT2D eigenvalue weighted by Crippen LogP contribution is 2.28. The first-order chi connectivity index (χ1) is 27.6. The molecule has 0 saturated carbocycles. The normalized spacial score (nSPS) is 13.1. The van der Waals surface area contributed by atoms with Crippen molar-refractivity contribution in [2.45, 2.75) is 35.6 Å². The van der Waals surface area contributed by atoms with Gasteiger partial charge in [0, 0.05) is 47.8 Å². The van der Waals surface area contributed by atoms with E-state index in [1.54, 1.807) is 59.0 Å². The number of benzene rings is 2. The van der Waals surface area contributed by atoms with Gasteiger partial charge in [0.2, 0.25) is 0 Å². The van der Waals surface area contributed by atoms with Crippen LogP contribution in [-0.4, -0.2) is 93.3 Å². The lowest BCUT2D eigenvalue weighted by Crippen LogP contribution is -2.74. The number of sulfonamides is 1. The van der Waals surface area contributed by atoms with Gasteiger partial charge in [-0.15, -0.1) is 11.8 Å². The molecular formula is C40H45N10O6S2+. The molecule has 0 radical (unpaired) electrons. The van der Waals surface area contributed by atoms with E-state index >= 15 is 0 Å². The van der Waals surface area contributed by atoms with Gasteiger partial charge in [-0.3, -0.25) is 14.6 Å². The molecule has 2 amide bonds. The van der Waals surface area contributed by atoms with Crippen molar-refractivity contribution in [2.24, 2.45) is 5.92 Å². The minimum absolute atomic E-state index is 0. The van der Waals surface area contributed by atoms with Crippen molar-refractivity contribution in [3.05, 3.63) is 132 Å². The largest absolute Gasteiger partial charge is 0.412 e. The summed E-state index contributed by atoms with van der Waals surface area (Å²) in [5.74, 6) is 0.590. The van der Waals surface area contributed by atoms with Gasteiger partial charge >= 0.3 is 0 Å². The number of carbonyl (C=O) groups is 2. The second-order valence-electron chi connectivity index (χ2n) is 14.0. The number of imidazole rings is 1. The van der Waals surface area contributed by atoms with E-state index in [2.05, 4.69) is 47.1 Å². The minimum Gasteiger partial charge on any atom is -0.412 e. The fourth-order valence-electron chi connectivity index (χ4n) is 6.63. The number of hydrogen-bond donors (Lipinski definition) is 4. The van der Waals surface area contributed by atoms with Crippen LogP contribution < -0.4 is 20.4 Å². The number of fused-ring (bicyclic) bond motifs is 2. The Morgan fingerprint density at radius 2 is 1.81 bits per heavy atom. The summed E-state index contributed by atoms with van der Waals surface area (Å²) >= 11 is 1.74. The number of nitrogens with one attached hydrogen (secondary N) is 2. The average molecular weight is 826 g/mol. The Bertz CT molecular complexity index is 2470. The van der Waals surface area contributed by atoms with Gasteiger partial charge in [-0.05, 0) is 99.4 Å². The molecule has 16 nitrogen and oxygen atoms in total. The van der Waals surface area contributed by atoms with Crippen LogP contribution in [0.5, 0.6) is 0 Å². The molecule has 18 heteroatoms. The lowest BCUT2D eigenvalue weighted by molar-refractivity contribution is -0.826. The molecule has 0 aliphatic carbocycles. The predicted molar refractivity (Wildman–Crippen MR) is 220 cm³/mol. The maximum Gasteiger partial charge on any atom is 0.283 e.